The van der Waals surface area contributed by atoms with E-state index in [9.17, 15) is 19.2 Å². The predicted molar refractivity (Wildman–Crippen MR) is 165 cm³/mol. The number of benzene rings is 2. The van der Waals surface area contributed by atoms with E-state index >= 15 is 0 Å². The first-order valence-electron chi connectivity index (χ1n) is 15.3. The van der Waals surface area contributed by atoms with Gasteiger partial charge in [-0.3, -0.25) is 19.2 Å². The maximum Gasteiger partial charge on any atom is 0.163 e. The standard InChI is InChI=1S/C37H44O4/c1-6-9-31(33(7-2)35(40)16-24(4)38)19-27-20-34-32(14-12-23(3)37(34)36(41)21-27)18-26-13-15-30(17-26)29-11-8-10-28(22-29)25(5)39/h8,10-12,14-15,17,22,27,31,33H,6-7,9,13,16,18-21H2,1-5H3. The van der Waals surface area contributed by atoms with Crippen molar-refractivity contribution in [2.24, 2.45) is 17.8 Å². The lowest BCUT2D eigenvalue weighted by molar-refractivity contribution is -0.129. The number of fused-ring (bicyclic) bond motifs is 1. The average molecular weight is 553 g/mol. The number of hydrogen-bond acceptors (Lipinski definition) is 4. The molecule has 3 unspecified atom stereocenters. The molecule has 4 rings (SSSR count). The van der Waals surface area contributed by atoms with Gasteiger partial charge in [-0.05, 0) is 98.6 Å². The molecule has 2 aromatic carbocycles. The van der Waals surface area contributed by atoms with E-state index in [1.165, 1.54) is 23.6 Å². The largest absolute Gasteiger partial charge is 0.300 e. The maximum atomic E-state index is 13.5. The lowest BCUT2D eigenvalue weighted by atomic mass is 9.71. The highest BCUT2D eigenvalue weighted by molar-refractivity contribution is 6.01. The van der Waals surface area contributed by atoms with Crippen LogP contribution in [0.15, 0.2) is 54.1 Å². The number of carbonyl (C=O) groups excluding carboxylic acids is 4. The van der Waals surface area contributed by atoms with Gasteiger partial charge in [0, 0.05) is 23.5 Å². The van der Waals surface area contributed by atoms with Crippen LogP contribution in [0.2, 0.25) is 0 Å². The zero-order valence-electron chi connectivity index (χ0n) is 25.3. The normalized spacial score (nSPS) is 17.9. The van der Waals surface area contributed by atoms with Crippen LogP contribution in [0.3, 0.4) is 0 Å². The minimum absolute atomic E-state index is 0.0126. The van der Waals surface area contributed by atoms with Gasteiger partial charge in [-0.2, -0.15) is 0 Å². The van der Waals surface area contributed by atoms with Gasteiger partial charge in [0.05, 0.1) is 6.42 Å². The van der Waals surface area contributed by atoms with E-state index in [4.69, 9.17) is 0 Å². The molecule has 0 aromatic heterocycles. The Bertz CT molecular complexity index is 1410. The molecule has 4 heteroatoms. The first-order valence-corrected chi connectivity index (χ1v) is 15.3. The number of aryl methyl sites for hydroxylation is 1. The van der Waals surface area contributed by atoms with Gasteiger partial charge >= 0.3 is 0 Å². The third-order valence-corrected chi connectivity index (χ3v) is 8.97. The van der Waals surface area contributed by atoms with Gasteiger partial charge in [0.2, 0.25) is 0 Å². The molecule has 4 nitrogen and oxygen atoms in total. The fraction of sp³-hybridized carbons (Fsp3) is 0.459. The average Bonchev–Trinajstić information content (AvgIpc) is 3.39. The molecular weight excluding hydrogens is 508 g/mol. The molecule has 0 heterocycles. The smallest absolute Gasteiger partial charge is 0.163 e. The maximum absolute atomic E-state index is 13.5. The fourth-order valence-electron chi connectivity index (χ4n) is 7.03. The molecule has 216 valence electrons. The lowest BCUT2D eigenvalue weighted by Gasteiger charge is -2.32. The number of ketones is 4. The van der Waals surface area contributed by atoms with Crippen LogP contribution in [-0.2, 0) is 22.4 Å². The van der Waals surface area contributed by atoms with Crippen molar-refractivity contribution in [1.82, 2.24) is 0 Å². The van der Waals surface area contributed by atoms with Crippen molar-refractivity contribution in [3.05, 3.63) is 87.5 Å². The second-order valence-electron chi connectivity index (χ2n) is 12.2. The molecule has 0 amide bonds. The Morgan fingerprint density at radius 2 is 1.80 bits per heavy atom. The van der Waals surface area contributed by atoms with Crippen molar-refractivity contribution in [3.63, 3.8) is 0 Å². The molecule has 0 aliphatic heterocycles. The summed E-state index contributed by atoms with van der Waals surface area (Å²) >= 11 is 0. The summed E-state index contributed by atoms with van der Waals surface area (Å²) in [5, 5.41) is 0. The van der Waals surface area contributed by atoms with Crippen molar-refractivity contribution in [2.45, 2.75) is 92.4 Å². The topological polar surface area (TPSA) is 68.3 Å². The van der Waals surface area contributed by atoms with E-state index in [0.717, 1.165) is 72.8 Å². The van der Waals surface area contributed by atoms with Crippen LogP contribution >= 0.6 is 0 Å². The molecule has 3 atom stereocenters. The monoisotopic (exact) mass is 552 g/mol. The van der Waals surface area contributed by atoms with Gasteiger partial charge in [0.1, 0.15) is 11.6 Å². The third-order valence-electron chi connectivity index (χ3n) is 8.97. The van der Waals surface area contributed by atoms with Crippen LogP contribution in [-0.4, -0.2) is 23.1 Å². The van der Waals surface area contributed by atoms with Crippen LogP contribution in [0.1, 0.15) is 116 Å². The highest BCUT2D eigenvalue weighted by Crippen LogP contribution is 2.39. The molecule has 0 fully saturated rings. The van der Waals surface area contributed by atoms with Crippen molar-refractivity contribution in [2.75, 3.05) is 0 Å². The van der Waals surface area contributed by atoms with Crippen molar-refractivity contribution in [3.8, 4) is 0 Å². The van der Waals surface area contributed by atoms with Gasteiger partial charge in [0.15, 0.2) is 11.6 Å². The Kier molecular flexibility index (Phi) is 10.1. The van der Waals surface area contributed by atoms with E-state index in [1.807, 2.05) is 38.1 Å². The summed E-state index contributed by atoms with van der Waals surface area (Å²) in [6.45, 7) is 9.30. The molecule has 0 bridgehead atoms. The second-order valence-corrected chi connectivity index (χ2v) is 12.2. The van der Waals surface area contributed by atoms with Gasteiger partial charge in [0.25, 0.3) is 0 Å². The third kappa shape index (κ3) is 7.28. The van der Waals surface area contributed by atoms with E-state index in [0.29, 0.717) is 6.42 Å². The minimum Gasteiger partial charge on any atom is -0.300 e. The van der Waals surface area contributed by atoms with Crippen LogP contribution in [0, 0.1) is 24.7 Å². The van der Waals surface area contributed by atoms with Gasteiger partial charge < -0.3 is 0 Å². The second kappa shape index (κ2) is 13.5. The Morgan fingerprint density at radius 1 is 1.02 bits per heavy atom. The van der Waals surface area contributed by atoms with Gasteiger partial charge in [-0.1, -0.05) is 74.7 Å². The number of carbonyl (C=O) groups is 4. The van der Waals surface area contributed by atoms with E-state index in [1.54, 1.807) is 6.92 Å². The Morgan fingerprint density at radius 3 is 2.49 bits per heavy atom. The van der Waals surface area contributed by atoms with Gasteiger partial charge in [-0.25, -0.2) is 0 Å². The first kappa shape index (κ1) is 30.6. The zero-order chi connectivity index (χ0) is 29.7. The molecule has 0 N–H and O–H groups in total. The molecule has 2 aliphatic rings. The minimum atomic E-state index is -0.123. The number of Topliss-reactive ketones (excluding diaryl/α,β-unsaturated/α-hetero) is 4. The van der Waals surface area contributed by atoms with E-state index in [2.05, 4.69) is 31.2 Å². The van der Waals surface area contributed by atoms with E-state index < -0.39 is 0 Å². The summed E-state index contributed by atoms with van der Waals surface area (Å²) in [4.78, 5) is 50.1. The molecule has 0 spiro atoms. The number of hydrogen-bond donors (Lipinski definition) is 0. The summed E-state index contributed by atoms with van der Waals surface area (Å²) in [6, 6.07) is 12.1. The summed E-state index contributed by atoms with van der Waals surface area (Å²) < 4.78 is 0. The molecule has 41 heavy (non-hydrogen) atoms. The molecular formula is C37H44O4. The van der Waals surface area contributed by atoms with Crippen LogP contribution in [0.4, 0.5) is 0 Å². The predicted octanol–water partition coefficient (Wildman–Crippen LogP) is 8.28. The molecule has 2 aromatic rings. The molecule has 0 saturated heterocycles. The van der Waals surface area contributed by atoms with Crippen molar-refractivity contribution >= 4 is 28.7 Å². The summed E-state index contributed by atoms with van der Waals surface area (Å²) in [5.41, 5.74) is 8.55. The fourth-order valence-corrected chi connectivity index (χ4v) is 7.03. The highest BCUT2D eigenvalue weighted by Gasteiger charge is 2.34. The summed E-state index contributed by atoms with van der Waals surface area (Å²) in [7, 11) is 0. The molecule has 0 radical (unpaired) electrons. The molecule has 2 aliphatic carbocycles. The van der Waals surface area contributed by atoms with Crippen LogP contribution < -0.4 is 0 Å². The van der Waals surface area contributed by atoms with Gasteiger partial charge in [-0.15, -0.1) is 0 Å². The Labute approximate surface area is 245 Å². The van der Waals surface area contributed by atoms with E-state index in [-0.39, 0.29) is 47.3 Å². The molecule has 0 saturated carbocycles. The lowest BCUT2D eigenvalue weighted by Crippen LogP contribution is -2.30. The Hall–Kier alpha value is -3.40. The van der Waals surface area contributed by atoms with Crippen molar-refractivity contribution in [1.29, 1.82) is 0 Å². The van der Waals surface area contributed by atoms with Crippen molar-refractivity contribution < 1.29 is 19.2 Å². The Balaban J connectivity index is 1.56. The zero-order valence-corrected chi connectivity index (χ0v) is 25.3. The number of allylic oxidation sites excluding steroid dienone is 4. The highest BCUT2D eigenvalue weighted by atomic mass is 16.1. The quantitative estimate of drug-likeness (QED) is 0.185. The summed E-state index contributed by atoms with van der Waals surface area (Å²) in [5.74, 6) is 0.538. The van der Waals surface area contributed by atoms with Crippen LogP contribution in [0.25, 0.3) is 5.57 Å². The first-order chi connectivity index (χ1) is 19.6. The SMILES string of the molecule is CCCC(CC1CC(=O)c2c(C)ccc(CC3=CC(c4cccc(C(C)=O)c4)=CC3)c2C1)C(CC)C(=O)CC(C)=O. The van der Waals surface area contributed by atoms with Crippen LogP contribution in [0.5, 0.6) is 0 Å². The summed E-state index contributed by atoms with van der Waals surface area (Å²) in [6.07, 6.45) is 11.0. The number of rotatable bonds is 13.